The van der Waals surface area contributed by atoms with E-state index in [1.807, 2.05) is 13.0 Å². The Balaban J connectivity index is 1.57. The summed E-state index contributed by atoms with van der Waals surface area (Å²) in [6.07, 6.45) is 0.955. The molecule has 3 aromatic rings. The molecule has 0 saturated carbocycles. The molecule has 0 bridgehead atoms. The van der Waals surface area contributed by atoms with Crippen LogP contribution in [0.5, 0.6) is 11.5 Å². The number of methoxy groups -OCH3 is 1. The van der Waals surface area contributed by atoms with E-state index in [0.717, 1.165) is 0 Å². The number of benzene rings is 2. The largest absolute Gasteiger partial charge is 0.493 e. The van der Waals surface area contributed by atoms with Gasteiger partial charge >= 0.3 is 0 Å². The quantitative estimate of drug-likeness (QED) is 0.581. The van der Waals surface area contributed by atoms with E-state index in [9.17, 15) is 9.18 Å². The molecule has 1 unspecified atom stereocenters. The lowest BCUT2D eigenvalue weighted by atomic mass is 10.1. The number of carbonyl (C=O) groups is 1. The number of carbonyl (C=O) groups excluding carboxylic acids is 1. The van der Waals surface area contributed by atoms with Gasteiger partial charge in [0.25, 0.3) is 0 Å². The second-order valence-electron chi connectivity index (χ2n) is 6.96. The molecule has 1 aliphatic heterocycles. The van der Waals surface area contributed by atoms with Crippen LogP contribution in [0.15, 0.2) is 47.0 Å². The number of rotatable bonds is 7. The van der Waals surface area contributed by atoms with E-state index >= 15 is 0 Å². The van der Waals surface area contributed by atoms with Crippen molar-refractivity contribution in [2.75, 3.05) is 13.7 Å². The number of hydrogen-bond donors (Lipinski definition) is 0. The minimum Gasteiger partial charge on any atom is -0.493 e. The maximum absolute atomic E-state index is 13.5. The summed E-state index contributed by atoms with van der Waals surface area (Å²) in [5, 5.41) is 4.08. The average molecular weight is 411 g/mol. The van der Waals surface area contributed by atoms with Crippen LogP contribution < -0.4 is 9.47 Å². The van der Waals surface area contributed by atoms with Gasteiger partial charge in [-0.2, -0.15) is 4.98 Å². The molecule has 0 spiro atoms. The van der Waals surface area contributed by atoms with Crippen LogP contribution in [0.1, 0.15) is 37.3 Å². The third-order valence-electron chi connectivity index (χ3n) is 5.02. The Morgan fingerprint density at radius 3 is 2.87 bits per heavy atom. The maximum Gasteiger partial charge on any atom is 0.249 e. The van der Waals surface area contributed by atoms with Gasteiger partial charge in [0.2, 0.25) is 17.6 Å². The van der Waals surface area contributed by atoms with Crippen molar-refractivity contribution in [1.29, 1.82) is 0 Å². The summed E-state index contributed by atoms with van der Waals surface area (Å²) >= 11 is 0. The highest BCUT2D eigenvalue weighted by Crippen LogP contribution is 2.36. The fourth-order valence-electron chi connectivity index (χ4n) is 3.59. The Labute approximate surface area is 173 Å². The van der Waals surface area contributed by atoms with Gasteiger partial charge in [0.15, 0.2) is 11.5 Å². The molecule has 1 aromatic heterocycles. The van der Waals surface area contributed by atoms with Crippen LogP contribution in [0.2, 0.25) is 0 Å². The van der Waals surface area contributed by atoms with Crippen molar-refractivity contribution in [3.63, 3.8) is 0 Å². The number of aromatic nitrogens is 2. The number of nitrogens with zero attached hydrogens (tertiary/aromatic N) is 3. The van der Waals surface area contributed by atoms with Crippen molar-refractivity contribution in [2.45, 2.75) is 32.4 Å². The first-order valence-electron chi connectivity index (χ1n) is 9.77. The summed E-state index contributed by atoms with van der Waals surface area (Å²) in [5.41, 5.74) is 1.43. The van der Waals surface area contributed by atoms with E-state index < -0.39 is 0 Å². The van der Waals surface area contributed by atoms with Gasteiger partial charge in [-0.1, -0.05) is 17.3 Å². The SMILES string of the molecule is CCOc1ccc(-c2noc(C3CCC(=O)N3Cc3cccc(F)c3)n2)cc1OC. The number of hydrogen-bond acceptors (Lipinski definition) is 6. The molecule has 1 aliphatic rings. The van der Waals surface area contributed by atoms with Crippen molar-refractivity contribution in [3.05, 3.63) is 59.7 Å². The van der Waals surface area contributed by atoms with Crippen LogP contribution in [0.3, 0.4) is 0 Å². The molecule has 0 N–H and O–H groups in total. The Hall–Kier alpha value is -3.42. The predicted octanol–water partition coefficient (Wildman–Crippen LogP) is 4.15. The Kier molecular flexibility index (Phi) is 5.65. The van der Waals surface area contributed by atoms with Gasteiger partial charge in [0.1, 0.15) is 11.9 Å². The number of likely N-dealkylation sites (tertiary alicyclic amines) is 1. The maximum atomic E-state index is 13.5. The zero-order chi connectivity index (χ0) is 21.1. The number of ether oxygens (including phenoxy) is 2. The van der Waals surface area contributed by atoms with Crippen LogP contribution in [-0.2, 0) is 11.3 Å². The zero-order valence-corrected chi connectivity index (χ0v) is 16.8. The van der Waals surface area contributed by atoms with Crippen molar-refractivity contribution in [3.8, 4) is 22.9 Å². The van der Waals surface area contributed by atoms with E-state index in [-0.39, 0.29) is 24.3 Å². The third kappa shape index (κ3) is 3.98. The third-order valence-corrected chi connectivity index (χ3v) is 5.02. The highest BCUT2D eigenvalue weighted by Gasteiger charge is 2.36. The monoisotopic (exact) mass is 411 g/mol. The van der Waals surface area contributed by atoms with E-state index in [4.69, 9.17) is 14.0 Å². The second kappa shape index (κ2) is 8.52. The lowest BCUT2D eigenvalue weighted by Crippen LogP contribution is -2.27. The van der Waals surface area contributed by atoms with E-state index in [2.05, 4.69) is 10.1 Å². The van der Waals surface area contributed by atoms with E-state index in [1.54, 1.807) is 36.3 Å². The van der Waals surface area contributed by atoms with Crippen molar-refractivity contribution < 1.29 is 23.2 Å². The van der Waals surface area contributed by atoms with Gasteiger partial charge in [0, 0.05) is 18.5 Å². The topological polar surface area (TPSA) is 77.7 Å². The zero-order valence-electron chi connectivity index (χ0n) is 16.8. The predicted molar refractivity (Wildman–Crippen MR) is 106 cm³/mol. The lowest BCUT2D eigenvalue weighted by Gasteiger charge is -2.22. The molecular weight excluding hydrogens is 389 g/mol. The Morgan fingerprint density at radius 1 is 1.23 bits per heavy atom. The summed E-state index contributed by atoms with van der Waals surface area (Å²) < 4.78 is 29.9. The van der Waals surface area contributed by atoms with Crippen LogP contribution in [0.4, 0.5) is 4.39 Å². The fraction of sp³-hybridized carbons (Fsp3) is 0.318. The molecule has 2 heterocycles. The summed E-state index contributed by atoms with van der Waals surface area (Å²) in [5.74, 6) is 1.61. The summed E-state index contributed by atoms with van der Waals surface area (Å²) in [7, 11) is 1.57. The molecule has 4 rings (SSSR count). The molecule has 1 saturated heterocycles. The highest BCUT2D eigenvalue weighted by molar-refractivity contribution is 5.78. The van der Waals surface area contributed by atoms with Crippen LogP contribution in [0.25, 0.3) is 11.4 Å². The van der Waals surface area contributed by atoms with Gasteiger partial charge in [-0.05, 0) is 49.2 Å². The summed E-state index contributed by atoms with van der Waals surface area (Å²) in [4.78, 5) is 18.6. The molecular formula is C22H22FN3O4. The molecule has 156 valence electrons. The first-order chi connectivity index (χ1) is 14.6. The minimum atomic E-state index is -0.341. The van der Waals surface area contributed by atoms with Gasteiger partial charge in [-0.25, -0.2) is 4.39 Å². The molecule has 2 aromatic carbocycles. The standard InChI is InChI=1S/C22H22FN3O4/c1-3-29-18-9-7-15(12-19(18)28-2)21-24-22(30-25-21)17-8-10-20(27)26(17)13-14-5-4-6-16(23)11-14/h4-7,9,11-12,17H,3,8,10,13H2,1-2H3. The molecule has 30 heavy (non-hydrogen) atoms. The number of amides is 1. The minimum absolute atomic E-state index is 0.0215. The number of halogens is 1. The van der Waals surface area contributed by atoms with Crippen LogP contribution in [0, 0.1) is 5.82 Å². The first kappa shape index (κ1) is 19.9. The highest BCUT2D eigenvalue weighted by atomic mass is 19.1. The average Bonchev–Trinajstić information content (AvgIpc) is 3.36. The lowest BCUT2D eigenvalue weighted by molar-refractivity contribution is -0.130. The van der Waals surface area contributed by atoms with E-state index in [0.29, 0.717) is 53.8 Å². The van der Waals surface area contributed by atoms with Crippen molar-refractivity contribution in [2.24, 2.45) is 0 Å². The molecule has 1 atom stereocenters. The molecule has 1 fully saturated rings. The molecule has 0 radical (unpaired) electrons. The Bertz CT molecular complexity index is 1050. The van der Waals surface area contributed by atoms with Crippen molar-refractivity contribution in [1.82, 2.24) is 15.0 Å². The van der Waals surface area contributed by atoms with Gasteiger partial charge < -0.3 is 18.9 Å². The normalized spacial score (nSPS) is 16.2. The van der Waals surface area contributed by atoms with Crippen molar-refractivity contribution >= 4 is 5.91 Å². The fourth-order valence-corrected chi connectivity index (χ4v) is 3.59. The van der Waals surface area contributed by atoms with Gasteiger partial charge in [-0.3, -0.25) is 4.79 Å². The summed E-state index contributed by atoms with van der Waals surface area (Å²) in [6, 6.07) is 11.3. The van der Waals surface area contributed by atoms with Crippen LogP contribution in [-0.4, -0.2) is 34.7 Å². The molecule has 1 amide bonds. The first-order valence-corrected chi connectivity index (χ1v) is 9.77. The molecule has 7 nitrogen and oxygen atoms in total. The second-order valence-corrected chi connectivity index (χ2v) is 6.96. The molecule has 8 heteroatoms. The van der Waals surface area contributed by atoms with Gasteiger partial charge in [-0.15, -0.1) is 0 Å². The van der Waals surface area contributed by atoms with E-state index in [1.165, 1.54) is 12.1 Å². The Morgan fingerprint density at radius 2 is 2.10 bits per heavy atom. The molecule has 0 aliphatic carbocycles. The smallest absolute Gasteiger partial charge is 0.249 e. The summed E-state index contributed by atoms with van der Waals surface area (Å²) in [6.45, 7) is 2.71. The van der Waals surface area contributed by atoms with Gasteiger partial charge in [0.05, 0.1) is 13.7 Å². The van der Waals surface area contributed by atoms with Crippen LogP contribution >= 0.6 is 0 Å².